The second kappa shape index (κ2) is 11.8. The van der Waals surface area contributed by atoms with Gasteiger partial charge in [-0.3, -0.25) is 4.72 Å². The van der Waals surface area contributed by atoms with Crippen molar-refractivity contribution in [2.75, 3.05) is 10.0 Å². The molecule has 8 heteroatoms. The average Bonchev–Trinajstić information content (AvgIpc) is 2.82. The molecule has 0 atom stereocenters. The Hall–Kier alpha value is -3.52. The number of benzene rings is 3. The van der Waals surface area contributed by atoms with Gasteiger partial charge >= 0.3 is 0 Å². The average molecular weight is 455 g/mol. The number of anilines is 3. The van der Waals surface area contributed by atoms with Gasteiger partial charge in [-0.15, -0.1) is 0 Å². The van der Waals surface area contributed by atoms with Gasteiger partial charge in [0.25, 0.3) is 10.0 Å². The normalized spacial score (nSPS) is 10.3. The first-order valence-corrected chi connectivity index (χ1v) is 11.9. The highest BCUT2D eigenvalue weighted by atomic mass is 32.2. The fourth-order valence-electron chi connectivity index (χ4n) is 2.64. The zero-order valence-electron chi connectivity index (χ0n) is 18.5. The summed E-state index contributed by atoms with van der Waals surface area (Å²) in [4.78, 5) is 8.69. The van der Waals surface area contributed by atoms with E-state index < -0.39 is 15.8 Å². The highest BCUT2D eigenvalue weighted by molar-refractivity contribution is 7.92. The Bertz CT molecular complexity index is 1250. The summed E-state index contributed by atoms with van der Waals surface area (Å²) in [6, 6.07) is 21.1. The topological polar surface area (TPSA) is 84.0 Å². The van der Waals surface area contributed by atoms with E-state index in [0.29, 0.717) is 11.0 Å². The number of hydrogen-bond donors (Lipinski definition) is 2. The maximum absolute atomic E-state index is 13.5. The summed E-state index contributed by atoms with van der Waals surface area (Å²) in [5.74, 6) is -0.383. The number of sulfonamides is 1. The molecular weight excluding hydrogens is 427 g/mol. The summed E-state index contributed by atoms with van der Waals surface area (Å²) >= 11 is 0. The van der Waals surface area contributed by atoms with Gasteiger partial charge < -0.3 is 5.32 Å². The molecule has 0 spiro atoms. The smallest absolute Gasteiger partial charge is 0.263 e. The number of rotatable bonds is 5. The van der Waals surface area contributed by atoms with Crippen molar-refractivity contribution in [3.63, 3.8) is 0 Å². The van der Waals surface area contributed by atoms with E-state index in [4.69, 9.17) is 0 Å². The quantitative estimate of drug-likeness (QED) is 0.366. The third-order valence-corrected chi connectivity index (χ3v) is 5.28. The van der Waals surface area contributed by atoms with E-state index in [1.807, 2.05) is 64.1 Å². The van der Waals surface area contributed by atoms with Crippen LogP contribution < -0.4 is 10.0 Å². The lowest BCUT2D eigenvalue weighted by atomic mass is 10.3. The number of nitrogens with one attached hydrogen (secondary N) is 2. The molecule has 0 amide bonds. The first-order chi connectivity index (χ1) is 15.5. The van der Waals surface area contributed by atoms with Crippen LogP contribution in [0.1, 0.15) is 27.7 Å². The molecule has 0 fully saturated rings. The van der Waals surface area contributed by atoms with Crippen LogP contribution >= 0.6 is 0 Å². The second-order valence-corrected chi connectivity index (χ2v) is 7.65. The Morgan fingerprint density at radius 2 is 1.28 bits per heavy atom. The molecule has 0 bridgehead atoms. The Morgan fingerprint density at radius 1 is 0.719 bits per heavy atom. The van der Waals surface area contributed by atoms with Gasteiger partial charge in [0.1, 0.15) is 5.82 Å². The van der Waals surface area contributed by atoms with Gasteiger partial charge in [0.05, 0.1) is 15.9 Å². The maximum atomic E-state index is 13.5. The SMILES string of the molecule is CC.CC.O=S(=O)(Nc1nc2ccccc2nc1Nc1ccccc1)c1cccc(F)c1. The molecule has 1 heterocycles. The fraction of sp³-hybridized carbons (Fsp3) is 0.167. The minimum atomic E-state index is -4.05. The van der Waals surface area contributed by atoms with E-state index in [2.05, 4.69) is 20.0 Å². The minimum Gasteiger partial charge on any atom is -0.337 e. The van der Waals surface area contributed by atoms with Crippen LogP contribution in [0.5, 0.6) is 0 Å². The van der Waals surface area contributed by atoms with Gasteiger partial charge in [0.15, 0.2) is 11.6 Å². The molecule has 0 radical (unpaired) electrons. The molecule has 0 saturated carbocycles. The fourth-order valence-corrected chi connectivity index (χ4v) is 3.68. The second-order valence-electron chi connectivity index (χ2n) is 5.96. The molecule has 3 aromatic carbocycles. The highest BCUT2D eigenvalue weighted by Gasteiger charge is 2.19. The molecule has 4 aromatic rings. The molecule has 4 rings (SSSR count). The Labute approximate surface area is 188 Å². The van der Waals surface area contributed by atoms with Crippen molar-refractivity contribution in [3.8, 4) is 0 Å². The Morgan fingerprint density at radius 3 is 1.88 bits per heavy atom. The molecule has 1 aromatic heterocycles. The maximum Gasteiger partial charge on any atom is 0.263 e. The minimum absolute atomic E-state index is 0.0202. The monoisotopic (exact) mass is 454 g/mol. The number of aromatic nitrogens is 2. The van der Waals surface area contributed by atoms with Crippen molar-refractivity contribution < 1.29 is 12.8 Å². The van der Waals surface area contributed by atoms with Crippen molar-refractivity contribution in [1.29, 1.82) is 0 Å². The van der Waals surface area contributed by atoms with Crippen LogP contribution in [-0.4, -0.2) is 18.4 Å². The highest BCUT2D eigenvalue weighted by Crippen LogP contribution is 2.27. The number of halogens is 1. The van der Waals surface area contributed by atoms with Crippen LogP contribution in [0.3, 0.4) is 0 Å². The third kappa shape index (κ3) is 6.24. The lowest BCUT2D eigenvalue weighted by Gasteiger charge is -2.14. The van der Waals surface area contributed by atoms with E-state index >= 15 is 0 Å². The van der Waals surface area contributed by atoms with Crippen molar-refractivity contribution in [2.45, 2.75) is 32.6 Å². The van der Waals surface area contributed by atoms with Gasteiger partial charge in [0.2, 0.25) is 0 Å². The van der Waals surface area contributed by atoms with Crippen molar-refractivity contribution in [1.82, 2.24) is 9.97 Å². The molecule has 0 aliphatic rings. The van der Waals surface area contributed by atoms with Gasteiger partial charge in [-0.25, -0.2) is 22.8 Å². The molecular formula is C24H27FN4O2S. The zero-order valence-corrected chi connectivity index (χ0v) is 19.3. The van der Waals surface area contributed by atoms with E-state index in [1.54, 1.807) is 18.2 Å². The van der Waals surface area contributed by atoms with E-state index in [9.17, 15) is 12.8 Å². The summed E-state index contributed by atoms with van der Waals surface area (Å²) in [5, 5.41) is 3.08. The van der Waals surface area contributed by atoms with Crippen LogP contribution in [-0.2, 0) is 10.0 Å². The summed E-state index contributed by atoms with van der Waals surface area (Å²) in [7, 11) is -4.05. The van der Waals surface area contributed by atoms with Crippen molar-refractivity contribution in [3.05, 3.63) is 84.7 Å². The first kappa shape index (κ1) is 24.7. The molecule has 2 N–H and O–H groups in total. The Kier molecular flexibility index (Phi) is 9.09. The summed E-state index contributed by atoms with van der Waals surface area (Å²) < 4.78 is 41.3. The largest absolute Gasteiger partial charge is 0.337 e. The van der Waals surface area contributed by atoms with Crippen LogP contribution in [0, 0.1) is 5.82 Å². The molecule has 0 unspecified atom stereocenters. The number of para-hydroxylation sites is 3. The summed E-state index contributed by atoms with van der Waals surface area (Å²) in [6.45, 7) is 8.00. The van der Waals surface area contributed by atoms with Crippen LogP contribution in [0.2, 0.25) is 0 Å². The van der Waals surface area contributed by atoms with Gasteiger partial charge in [-0.05, 0) is 42.5 Å². The van der Waals surface area contributed by atoms with Crippen LogP contribution in [0.4, 0.5) is 21.7 Å². The molecule has 168 valence electrons. The standard InChI is InChI=1S/C20H15FN4O2S.2C2H6/c21-14-7-6-10-16(13-14)28(26,27)25-20-19(22-15-8-2-1-3-9-15)23-17-11-4-5-12-18(17)24-20;2*1-2/h1-13H,(H,22,23)(H,24,25);2*1-2H3. The van der Waals surface area contributed by atoms with Gasteiger partial charge in [0, 0.05) is 5.69 Å². The lowest BCUT2D eigenvalue weighted by Crippen LogP contribution is -2.16. The van der Waals surface area contributed by atoms with Gasteiger partial charge in [-0.2, -0.15) is 0 Å². The molecule has 0 aliphatic heterocycles. The van der Waals surface area contributed by atoms with E-state index in [1.165, 1.54) is 18.2 Å². The van der Waals surface area contributed by atoms with Crippen LogP contribution in [0.25, 0.3) is 11.0 Å². The summed E-state index contributed by atoms with van der Waals surface area (Å²) in [6.07, 6.45) is 0. The van der Waals surface area contributed by atoms with Crippen LogP contribution in [0.15, 0.2) is 83.8 Å². The van der Waals surface area contributed by atoms with E-state index in [-0.39, 0.29) is 16.5 Å². The summed E-state index contributed by atoms with van der Waals surface area (Å²) in [5.41, 5.74) is 1.85. The number of hydrogen-bond acceptors (Lipinski definition) is 5. The molecule has 32 heavy (non-hydrogen) atoms. The third-order valence-electron chi connectivity index (χ3n) is 3.94. The Balaban J connectivity index is 0.000000860. The van der Waals surface area contributed by atoms with Gasteiger partial charge in [-0.1, -0.05) is 64.1 Å². The molecule has 0 saturated heterocycles. The van der Waals surface area contributed by atoms with E-state index in [0.717, 1.165) is 11.8 Å². The van der Waals surface area contributed by atoms with Crippen molar-refractivity contribution >= 4 is 38.4 Å². The predicted octanol–water partition coefficient (Wildman–Crippen LogP) is 6.37. The molecule has 0 aliphatic carbocycles. The predicted molar refractivity (Wildman–Crippen MR) is 129 cm³/mol. The number of nitrogens with zero attached hydrogens (tertiary/aromatic N) is 2. The van der Waals surface area contributed by atoms with Crippen molar-refractivity contribution in [2.24, 2.45) is 0 Å². The molecule has 6 nitrogen and oxygen atoms in total. The lowest BCUT2D eigenvalue weighted by molar-refractivity contribution is 0.595. The first-order valence-electron chi connectivity index (χ1n) is 10.4. The number of fused-ring (bicyclic) bond motifs is 1. The zero-order chi connectivity index (χ0) is 23.6.